The van der Waals surface area contributed by atoms with Crippen molar-refractivity contribution in [2.75, 3.05) is 45.3 Å². The fraction of sp³-hybridized carbons (Fsp3) is 0.316. The minimum atomic E-state index is -3.70. The molecule has 7 nitrogen and oxygen atoms in total. The molecule has 1 fully saturated rings. The van der Waals surface area contributed by atoms with Gasteiger partial charge in [0.1, 0.15) is 17.6 Å². The molecule has 1 saturated heterocycles. The highest BCUT2D eigenvalue weighted by Gasteiger charge is 2.31. The summed E-state index contributed by atoms with van der Waals surface area (Å²) in [7, 11) is -0.514. The van der Waals surface area contributed by atoms with Gasteiger partial charge in [-0.15, -0.1) is 0 Å². The van der Waals surface area contributed by atoms with E-state index in [0.717, 1.165) is 5.69 Å². The summed E-state index contributed by atoms with van der Waals surface area (Å²) < 4.78 is 38.0. The minimum absolute atomic E-state index is 0.0583. The van der Waals surface area contributed by atoms with Crippen molar-refractivity contribution in [1.82, 2.24) is 4.31 Å². The van der Waals surface area contributed by atoms with E-state index in [9.17, 15) is 13.7 Å². The van der Waals surface area contributed by atoms with E-state index in [4.69, 9.17) is 9.47 Å². The number of nitriles is 1. The van der Waals surface area contributed by atoms with Crippen molar-refractivity contribution in [2.45, 2.75) is 4.90 Å². The number of piperazine rings is 1. The second-order valence-electron chi connectivity index (χ2n) is 6.04. The summed E-state index contributed by atoms with van der Waals surface area (Å²) in [5.74, 6) is 1.38. The van der Waals surface area contributed by atoms with Crippen LogP contribution >= 0.6 is 0 Å². The van der Waals surface area contributed by atoms with Crippen molar-refractivity contribution in [3.05, 3.63) is 48.0 Å². The number of ether oxygens (including phenoxy) is 2. The van der Waals surface area contributed by atoms with Crippen LogP contribution in [0.25, 0.3) is 0 Å². The van der Waals surface area contributed by atoms with Gasteiger partial charge < -0.3 is 14.4 Å². The molecule has 0 amide bonds. The van der Waals surface area contributed by atoms with Crippen LogP contribution in [0.2, 0.25) is 0 Å². The van der Waals surface area contributed by atoms with Gasteiger partial charge in [-0.05, 0) is 24.3 Å². The number of anilines is 1. The van der Waals surface area contributed by atoms with Gasteiger partial charge in [-0.3, -0.25) is 0 Å². The Morgan fingerprint density at radius 1 is 1.00 bits per heavy atom. The van der Waals surface area contributed by atoms with E-state index in [1.54, 1.807) is 26.4 Å². The maximum atomic E-state index is 12.9. The van der Waals surface area contributed by atoms with Gasteiger partial charge in [0.2, 0.25) is 10.0 Å². The summed E-state index contributed by atoms with van der Waals surface area (Å²) >= 11 is 0. The molecule has 2 aromatic carbocycles. The molecule has 8 heteroatoms. The van der Waals surface area contributed by atoms with Crippen molar-refractivity contribution in [2.24, 2.45) is 0 Å². The third-order valence-corrected chi connectivity index (χ3v) is 6.55. The first-order valence-corrected chi connectivity index (χ1v) is 9.91. The van der Waals surface area contributed by atoms with E-state index in [0.29, 0.717) is 37.7 Å². The van der Waals surface area contributed by atoms with Gasteiger partial charge in [-0.1, -0.05) is 12.1 Å². The SMILES string of the molecule is COc1ccc(N2CCN(S(=O)(=O)c3ccccc3C#N)CC2)c(OC)c1. The Morgan fingerprint density at radius 3 is 2.33 bits per heavy atom. The molecule has 0 saturated carbocycles. The fourth-order valence-electron chi connectivity index (χ4n) is 3.14. The van der Waals surface area contributed by atoms with Gasteiger partial charge in [0.05, 0.1) is 30.4 Å². The molecule has 142 valence electrons. The zero-order valence-corrected chi connectivity index (χ0v) is 16.1. The number of benzene rings is 2. The summed E-state index contributed by atoms with van der Waals surface area (Å²) in [6.45, 7) is 1.71. The van der Waals surface area contributed by atoms with E-state index in [1.807, 2.05) is 24.3 Å². The molecule has 27 heavy (non-hydrogen) atoms. The first-order chi connectivity index (χ1) is 13.0. The highest BCUT2D eigenvalue weighted by atomic mass is 32.2. The van der Waals surface area contributed by atoms with Crippen LogP contribution in [0.5, 0.6) is 11.5 Å². The smallest absolute Gasteiger partial charge is 0.244 e. The van der Waals surface area contributed by atoms with Gasteiger partial charge in [-0.25, -0.2) is 8.42 Å². The van der Waals surface area contributed by atoms with Crippen molar-refractivity contribution >= 4 is 15.7 Å². The Hall–Kier alpha value is -2.76. The summed E-state index contributed by atoms with van der Waals surface area (Å²) in [5.41, 5.74) is 1.06. The zero-order chi connectivity index (χ0) is 19.4. The van der Waals surface area contributed by atoms with Crippen molar-refractivity contribution in [1.29, 1.82) is 5.26 Å². The zero-order valence-electron chi connectivity index (χ0n) is 15.3. The molecule has 1 heterocycles. The van der Waals surface area contributed by atoms with Crippen LogP contribution in [0.4, 0.5) is 5.69 Å². The third kappa shape index (κ3) is 3.70. The summed E-state index contributed by atoms with van der Waals surface area (Å²) in [6, 6.07) is 13.8. The van der Waals surface area contributed by atoms with Gasteiger partial charge in [0.25, 0.3) is 0 Å². The third-order valence-electron chi connectivity index (χ3n) is 4.59. The maximum absolute atomic E-state index is 12.9. The molecule has 0 aliphatic carbocycles. The molecular formula is C19H21N3O4S. The van der Waals surface area contributed by atoms with Gasteiger partial charge in [0, 0.05) is 32.2 Å². The average molecular weight is 387 g/mol. The second kappa shape index (κ2) is 7.86. The van der Waals surface area contributed by atoms with E-state index >= 15 is 0 Å². The Bertz CT molecular complexity index is 961. The quantitative estimate of drug-likeness (QED) is 0.781. The first-order valence-electron chi connectivity index (χ1n) is 8.47. The maximum Gasteiger partial charge on any atom is 0.244 e. The number of nitrogens with zero attached hydrogens (tertiary/aromatic N) is 3. The van der Waals surface area contributed by atoms with Crippen LogP contribution in [-0.2, 0) is 10.0 Å². The molecular weight excluding hydrogens is 366 g/mol. The van der Waals surface area contributed by atoms with Crippen LogP contribution in [-0.4, -0.2) is 53.1 Å². The molecule has 0 spiro atoms. The molecule has 0 N–H and O–H groups in total. The molecule has 0 atom stereocenters. The van der Waals surface area contributed by atoms with Gasteiger partial charge in [0.15, 0.2) is 0 Å². The first kappa shape index (κ1) is 19.0. The van der Waals surface area contributed by atoms with Crippen LogP contribution < -0.4 is 14.4 Å². The van der Waals surface area contributed by atoms with Crippen molar-refractivity contribution in [3.8, 4) is 17.6 Å². The lowest BCUT2D eigenvalue weighted by atomic mass is 10.2. The van der Waals surface area contributed by atoms with E-state index in [2.05, 4.69) is 4.90 Å². The molecule has 0 radical (unpaired) electrons. The second-order valence-corrected chi connectivity index (χ2v) is 7.94. The van der Waals surface area contributed by atoms with Crippen LogP contribution in [0, 0.1) is 11.3 Å². The van der Waals surface area contributed by atoms with Gasteiger partial charge >= 0.3 is 0 Å². The predicted octanol–water partition coefficient (Wildman–Crippen LogP) is 2.09. The Labute approximate surface area is 159 Å². The number of rotatable bonds is 5. The molecule has 1 aliphatic rings. The molecule has 3 rings (SSSR count). The summed E-state index contributed by atoms with van der Waals surface area (Å²) in [4.78, 5) is 2.14. The Kier molecular flexibility index (Phi) is 5.54. The monoisotopic (exact) mass is 387 g/mol. The molecule has 0 bridgehead atoms. The number of hydrogen-bond donors (Lipinski definition) is 0. The molecule has 1 aliphatic heterocycles. The summed E-state index contributed by atoms with van der Waals surface area (Å²) in [6.07, 6.45) is 0. The summed E-state index contributed by atoms with van der Waals surface area (Å²) in [5, 5.41) is 9.21. The lowest BCUT2D eigenvalue weighted by Crippen LogP contribution is -2.48. The highest BCUT2D eigenvalue weighted by molar-refractivity contribution is 7.89. The minimum Gasteiger partial charge on any atom is -0.497 e. The van der Waals surface area contributed by atoms with E-state index < -0.39 is 10.0 Å². The number of methoxy groups -OCH3 is 2. The fourth-order valence-corrected chi connectivity index (χ4v) is 4.70. The Balaban J connectivity index is 1.79. The van der Waals surface area contributed by atoms with E-state index in [1.165, 1.54) is 16.4 Å². The van der Waals surface area contributed by atoms with Crippen LogP contribution in [0.1, 0.15) is 5.56 Å². The predicted molar refractivity (Wildman–Crippen MR) is 102 cm³/mol. The largest absolute Gasteiger partial charge is 0.497 e. The standard InChI is InChI=1S/C19H21N3O4S/c1-25-16-7-8-17(18(13-16)26-2)21-9-11-22(12-10-21)27(23,24)19-6-4-3-5-15(19)14-20/h3-8,13H,9-12H2,1-2H3. The molecule has 0 unspecified atom stereocenters. The normalized spacial score (nSPS) is 15.2. The molecule has 0 aromatic heterocycles. The van der Waals surface area contributed by atoms with Crippen LogP contribution in [0.3, 0.4) is 0 Å². The average Bonchev–Trinajstić information content (AvgIpc) is 2.73. The lowest BCUT2D eigenvalue weighted by molar-refractivity contribution is 0.375. The van der Waals surface area contributed by atoms with Gasteiger partial charge in [-0.2, -0.15) is 9.57 Å². The van der Waals surface area contributed by atoms with Crippen molar-refractivity contribution in [3.63, 3.8) is 0 Å². The number of hydrogen-bond acceptors (Lipinski definition) is 6. The lowest BCUT2D eigenvalue weighted by Gasteiger charge is -2.36. The number of sulfonamides is 1. The van der Waals surface area contributed by atoms with E-state index in [-0.39, 0.29) is 10.5 Å². The Morgan fingerprint density at radius 2 is 1.70 bits per heavy atom. The highest BCUT2D eigenvalue weighted by Crippen LogP contribution is 2.33. The topological polar surface area (TPSA) is 82.9 Å². The van der Waals surface area contributed by atoms with Crippen LogP contribution in [0.15, 0.2) is 47.4 Å². The molecule has 2 aromatic rings. The van der Waals surface area contributed by atoms with Crippen molar-refractivity contribution < 1.29 is 17.9 Å².